The lowest BCUT2D eigenvalue weighted by Gasteiger charge is -2.19. The standard InChI is InChI=1S/C18H21ClN2OS/c1-2-10-21(14-16-7-5-12-23-16)11-9-18(22)20-13-15-6-3-4-8-17(15)19/h2-8,12H,1,9-11,13-14H2,(H,20,22). The predicted octanol–water partition coefficient (Wildman–Crippen LogP) is 4.10. The summed E-state index contributed by atoms with van der Waals surface area (Å²) in [6.45, 7) is 6.58. The van der Waals surface area contributed by atoms with Crippen molar-refractivity contribution in [3.8, 4) is 0 Å². The Labute approximate surface area is 146 Å². The number of amides is 1. The number of hydrogen-bond acceptors (Lipinski definition) is 3. The highest BCUT2D eigenvalue weighted by Crippen LogP contribution is 2.14. The van der Waals surface area contributed by atoms with Crippen molar-refractivity contribution in [1.29, 1.82) is 0 Å². The van der Waals surface area contributed by atoms with Gasteiger partial charge in [0.05, 0.1) is 0 Å². The number of carbonyl (C=O) groups is 1. The lowest BCUT2D eigenvalue weighted by Crippen LogP contribution is -2.30. The van der Waals surface area contributed by atoms with Crippen molar-refractivity contribution in [2.45, 2.75) is 19.5 Å². The maximum absolute atomic E-state index is 12.0. The quantitative estimate of drug-likeness (QED) is 0.692. The van der Waals surface area contributed by atoms with E-state index in [-0.39, 0.29) is 5.91 Å². The second-order valence-electron chi connectivity index (χ2n) is 5.22. The van der Waals surface area contributed by atoms with E-state index >= 15 is 0 Å². The van der Waals surface area contributed by atoms with Gasteiger partial charge in [-0.25, -0.2) is 0 Å². The third kappa shape index (κ3) is 6.18. The number of nitrogens with zero attached hydrogens (tertiary/aromatic N) is 1. The number of rotatable bonds is 9. The van der Waals surface area contributed by atoms with Gasteiger partial charge in [-0.3, -0.25) is 9.69 Å². The summed E-state index contributed by atoms with van der Waals surface area (Å²) < 4.78 is 0. The first-order valence-corrected chi connectivity index (χ1v) is 8.80. The van der Waals surface area contributed by atoms with E-state index < -0.39 is 0 Å². The van der Waals surface area contributed by atoms with Crippen LogP contribution in [0.5, 0.6) is 0 Å². The molecule has 1 amide bonds. The first kappa shape index (κ1) is 17.7. The Balaban J connectivity index is 1.77. The Morgan fingerprint density at radius 2 is 2.13 bits per heavy atom. The molecule has 0 saturated carbocycles. The number of nitrogens with one attached hydrogen (secondary N) is 1. The monoisotopic (exact) mass is 348 g/mol. The zero-order valence-corrected chi connectivity index (χ0v) is 14.6. The van der Waals surface area contributed by atoms with Crippen LogP contribution in [0.15, 0.2) is 54.4 Å². The summed E-state index contributed by atoms with van der Waals surface area (Å²) in [5.41, 5.74) is 0.934. The largest absolute Gasteiger partial charge is 0.352 e. The van der Waals surface area contributed by atoms with Crippen LogP contribution in [-0.4, -0.2) is 23.9 Å². The summed E-state index contributed by atoms with van der Waals surface area (Å²) in [5.74, 6) is 0.0326. The minimum Gasteiger partial charge on any atom is -0.352 e. The second kappa shape index (κ2) is 9.50. The summed E-state index contributed by atoms with van der Waals surface area (Å²) in [6.07, 6.45) is 2.33. The van der Waals surface area contributed by atoms with E-state index in [1.165, 1.54) is 4.88 Å². The maximum Gasteiger partial charge on any atom is 0.221 e. The normalized spacial score (nSPS) is 10.7. The van der Waals surface area contributed by atoms with Gasteiger partial charge in [-0.15, -0.1) is 17.9 Å². The summed E-state index contributed by atoms with van der Waals surface area (Å²) in [5, 5.41) is 5.67. The van der Waals surface area contributed by atoms with Crippen molar-refractivity contribution in [3.05, 3.63) is 69.9 Å². The highest BCUT2D eigenvalue weighted by Gasteiger charge is 2.09. The highest BCUT2D eigenvalue weighted by atomic mass is 35.5. The van der Waals surface area contributed by atoms with Crippen LogP contribution in [0.25, 0.3) is 0 Å². The van der Waals surface area contributed by atoms with Crippen molar-refractivity contribution in [2.75, 3.05) is 13.1 Å². The number of benzene rings is 1. The average molecular weight is 349 g/mol. The Kier molecular flexibility index (Phi) is 7.33. The molecule has 0 aliphatic heterocycles. The van der Waals surface area contributed by atoms with E-state index in [1.807, 2.05) is 36.4 Å². The number of thiophene rings is 1. The maximum atomic E-state index is 12.0. The molecule has 1 N–H and O–H groups in total. The van der Waals surface area contributed by atoms with E-state index in [9.17, 15) is 4.79 Å². The van der Waals surface area contributed by atoms with Crippen molar-refractivity contribution >= 4 is 28.8 Å². The molecule has 0 saturated heterocycles. The molecular formula is C18H21ClN2OS. The van der Waals surface area contributed by atoms with Crippen LogP contribution < -0.4 is 5.32 Å². The summed E-state index contributed by atoms with van der Waals surface area (Å²) in [6, 6.07) is 11.7. The van der Waals surface area contributed by atoms with Gasteiger partial charge < -0.3 is 5.32 Å². The smallest absolute Gasteiger partial charge is 0.221 e. The van der Waals surface area contributed by atoms with Gasteiger partial charge in [0, 0.05) is 42.5 Å². The minimum absolute atomic E-state index is 0.0326. The van der Waals surface area contributed by atoms with Crippen LogP contribution in [0.1, 0.15) is 16.9 Å². The van der Waals surface area contributed by atoms with Crippen LogP contribution in [-0.2, 0) is 17.9 Å². The summed E-state index contributed by atoms with van der Waals surface area (Å²) in [7, 11) is 0. The molecular weight excluding hydrogens is 328 g/mol. The van der Waals surface area contributed by atoms with Crippen LogP contribution in [0.2, 0.25) is 5.02 Å². The zero-order chi connectivity index (χ0) is 16.5. The first-order valence-electron chi connectivity index (χ1n) is 7.55. The molecule has 0 aliphatic carbocycles. The molecule has 0 atom stereocenters. The van der Waals surface area contributed by atoms with Crippen LogP contribution in [0.4, 0.5) is 0 Å². The number of halogens is 1. The van der Waals surface area contributed by atoms with Gasteiger partial charge in [0.1, 0.15) is 0 Å². The molecule has 5 heteroatoms. The van der Waals surface area contributed by atoms with Gasteiger partial charge in [0.2, 0.25) is 5.91 Å². The molecule has 0 aliphatic rings. The Morgan fingerprint density at radius 3 is 2.83 bits per heavy atom. The zero-order valence-electron chi connectivity index (χ0n) is 13.0. The molecule has 2 aromatic rings. The summed E-state index contributed by atoms with van der Waals surface area (Å²) in [4.78, 5) is 15.5. The molecule has 0 spiro atoms. The van der Waals surface area contributed by atoms with Crippen molar-refractivity contribution in [1.82, 2.24) is 10.2 Å². The lowest BCUT2D eigenvalue weighted by molar-refractivity contribution is -0.121. The van der Waals surface area contributed by atoms with Gasteiger partial charge in [-0.2, -0.15) is 0 Å². The Morgan fingerprint density at radius 1 is 1.30 bits per heavy atom. The highest BCUT2D eigenvalue weighted by molar-refractivity contribution is 7.09. The van der Waals surface area contributed by atoms with Crippen LogP contribution >= 0.6 is 22.9 Å². The molecule has 122 valence electrons. The molecule has 0 bridgehead atoms. The topological polar surface area (TPSA) is 32.3 Å². The fourth-order valence-electron chi connectivity index (χ4n) is 2.22. The van der Waals surface area contributed by atoms with Gasteiger partial charge in [0.15, 0.2) is 0 Å². The molecule has 1 aromatic carbocycles. The minimum atomic E-state index is 0.0326. The molecule has 0 unspecified atom stereocenters. The van der Waals surface area contributed by atoms with Gasteiger partial charge in [0.25, 0.3) is 0 Å². The first-order chi connectivity index (χ1) is 11.2. The van der Waals surface area contributed by atoms with E-state index in [1.54, 1.807) is 11.3 Å². The van der Waals surface area contributed by atoms with E-state index in [2.05, 4.69) is 28.2 Å². The molecule has 1 aromatic heterocycles. The average Bonchev–Trinajstić information content (AvgIpc) is 3.05. The Bertz CT molecular complexity index is 628. The summed E-state index contributed by atoms with van der Waals surface area (Å²) >= 11 is 7.82. The SMILES string of the molecule is C=CCN(CCC(=O)NCc1ccccc1Cl)Cc1cccs1. The second-order valence-corrected chi connectivity index (χ2v) is 6.66. The predicted molar refractivity (Wildman–Crippen MR) is 97.7 cm³/mol. The van der Waals surface area contributed by atoms with E-state index in [0.29, 0.717) is 24.5 Å². The van der Waals surface area contributed by atoms with Crippen molar-refractivity contribution in [2.24, 2.45) is 0 Å². The van der Waals surface area contributed by atoms with Crippen LogP contribution in [0.3, 0.4) is 0 Å². The van der Waals surface area contributed by atoms with Gasteiger partial charge in [-0.1, -0.05) is 41.9 Å². The fraction of sp³-hybridized carbons (Fsp3) is 0.278. The van der Waals surface area contributed by atoms with Gasteiger partial charge in [-0.05, 0) is 23.1 Å². The molecule has 0 radical (unpaired) electrons. The van der Waals surface area contributed by atoms with E-state index in [0.717, 1.165) is 18.7 Å². The molecule has 0 fully saturated rings. The number of hydrogen-bond donors (Lipinski definition) is 1. The van der Waals surface area contributed by atoms with Crippen LogP contribution in [0, 0.1) is 0 Å². The number of carbonyl (C=O) groups excluding carboxylic acids is 1. The van der Waals surface area contributed by atoms with Crippen molar-refractivity contribution < 1.29 is 4.79 Å². The molecule has 2 rings (SSSR count). The third-order valence-electron chi connectivity index (χ3n) is 3.44. The third-order valence-corrected chi connectivity index (χ3v) is 4.67. The molecule has 3 nitrogen and oxygen atoms in total. The van der Waals surface area contributed by atoms with E-state index in [4.69, 9.17) is 11.6 Å². The van der Waals surface area contributed by atoms with Gasteiger partial charge >= 0.3 is 0 Å². The van der Waals surface area contributed by atoms with Crippen molar-refractivity contribution in [3.63, 3.8) is 0 Å². The Hall–Kier alpha value is -1.62. The molecule has 1 heterocycles. The lowest BCUT2D eigenvalue weighted by atomic mass is 10.2. The molecule has 23 heavy (non-hydrogen) atoms. The fourth-order valence-corrected chi connectivity index (χ4v) is 3.17.